The molecule has 6 heteroatoms. The van der Waals surface area contributed by atoms with Crippen molar-refractivity contribution < 1.29 is 14.1 Å². The van der Waals surface area contributed by atoms with Crippen LogP contribution < -0.4 is 15.2 Å². The Balaban J connectivity index is 1.72. The van der Waals surface area contributed by atoms with E-state index in [-0.39, 0.29) is 11.7 Å². The first-order valence-corrected chi connectivity index (χ1v) is 4.75. The van der Waals surface area contributed by atoms with Gasteiger partial charge in [0.05, 0.1) is 0 Å². The van der Waals surface area contributed by atoms with Crippen LogP contribution in [0.25, 0.3) is 0 Å². The van der Waals surface area contributed by atoms with Gasteiger partial charge in [-0.3, -0.25) is 0 Å². The lowest BCUT2D eigenvalue weighted by atomic mass is 10.3. The van der Waals surface area contributed by atoms with E-state index in [9.17, 15) is 0 Å². The second kappa shape index (κ2) is 5.01. The van der Waals surface area contributed by atoms with Gasteiger partial charge in [0.25, 0.3) is 5.88 Å². The highest BCUT2D eigenvalue weighted by molar-refractivity contribution is 5.36. The van der Waals surface area contributed by atoms with Crippen LogP contribution >= 0.6 is 0 Å². The second-order valence-corrected chi connectivity index (χ2v) is 2.96. The van der Waals surface area contributed by atoms with E-state index in [2.05, 4.69) is 14.9 Å². The van der Waals surface area contributed by atoms with Crippen LogP contribution in [0.1, 0.15) is 0 Å². The smallest absolute Gasteiger partial charge is 0.300 e. The Labute approximate surface area is 91.9 Å². The van der Waals surface area contributed by atoms with E-state index in [1.165, 1.54) is 0 Å². The Kier molecular flexibility index (Phi) is 3.22. The third kappa shape index (κ3) is 2.63. The van der Waals surface area contributed by atoms with Crippen LogP contribution in [0.3, 0.4) is 0 Å². The molecule has 0 amide bonds. The third-order valence-electron chi connectivity index (χ3n) is 1.82. The topological polar surface area (TPSA) is 83.4 Å². The summed E-state index contributed by atoms with van der Waals surface area (Å²) in [7, 11) is 0. The van der Waals surface area contributed by atoms with E-state index >= 15 is 0 Å². The summed E-state index contributed by atoms with van der Waals surface area (Å²) >= 11 is 0. The monoisotopic (exact) mass is 221 g/mol. The molecule has 16 heavy (non-hydrogen) atoms. The highest BCUT2D eigenvalue weighted by Gasteiger charge is 2.06. The average Bonchev–Trinajstić information content (AvgIpc) is 2.72. The Bertz CT molecular complexity index is 430. The Morgan fingerprint density at radius 2 is 1.81 bits per heavy atom. The van der Waals surface area contributed by atoms with Gasteiger partial charge in [-0.15, -0.1) is 0 Å². The molecule has 0 atom stereocenters. The Morgan fingerprint density at radius 3 is 2.50 bits per heavy atom. The van der Waals surface area contributed by atoms with E-state index in [1.54, 1.807) is 0 Å². The third-order valence-corrected chi connectivity index (χ3v) is 1.82. The maximum Gasteiger partial charge on any atom is 0.300 e. The first-order chi connectivity index (χ1) is 7.86. The minimum atomic E-state index is 0.139. The molecule has 0 spiro atoms. The molecule has 0 aliphatic rings. The molecule has 0 fully saturated rings. The Morgan fingerprint density at radius 1 is 1.06 bits per heavy atom. The molecule has 84 valence electrons. The number of benzene rings is 1. The zero-order valence-corrected chi connectivity index (χ0v) is 8.50. The number of ether oxygens (including phenoxy) is 2. The van der Waals surface area contributed by atoms with E-state index in [1.807, 2.05) is 30.3 Å². The van der Waals surface area contributed by atoms with Crippen molar-refractivity contribution in [2.75, 3.05) is 18.9 Å². The summed E-state index contributed by atoms with van der Waals surface area (Å²) in [6.07, 6.45) is 0. The molecule has 2 aromatic rings. The summed E-state index contributed by atoms with van der Waals surface area (Å²) in [5.74, 6) is 1.12. The lowest BCUT2D eigenvalue weighted by Crippen LogP contribution is -2.09. The number of nitrogen functional groups attached to an aromatic ring is 1. The van der Waals surface area contributed by atoms with Gasteiger partial charge >= 0.3 is 0 Å². The quantitative estimate of drug-likeness (QED) is 0.761. The zero-order valence-electron chi connectivity index (χ0n) is 8.50. The van der Waals surface area contributed by atoms with Crippen molar-refractivity contribution in [3.8, 4) is 11.6 Å². The number of hydrogen-bond acceptors (Lipinski definition) is 6. The lowest BCUT2D eigenvalue weighted by molar-refractivity contribution is 0.200. The van der Waals surface area contributed by atoms with Gasteiger partial charge in [-0.25, -0.2) is 4.63 Å². The van der Waals surface area contributed by atoms with Crippen LogP contribution in [0.5, 0.6) is 11.6 Å². The molecule has 1 heterocycles. The van der Waals surface area contributed by atoms with E-state index in [0.29, 0.717) is 13.2 Å². The number of para-hydroxylation sites is 1. The van der Waals surface area contributed by atoms with Crippen molar-refractivity contribution in [2.24, 2.45) is 0 Å². The largest absolute Gasteiger partial charge is 0.490 e. The van der Waals surface area contributed by atoms with Crippen molar-refractivity contribution in [1.29, 1.82) is 0 Å². The van der Waals surface area contributed by atoms with E-state index in [0.717, 1.165) is 5.75 Å². The highest BCUT2D eigenvalue weighted by atomic mass is 16.6. The van der Waals surface area contributed by atoms with Crippen LogP contribution in [-0.2, 0) is 0 Å². The maximum atomic E-state index is 5.40. The van der Waals surface area contributed by atoms with Gasteiger partial charge in [-0.2, -0.15) is 0 Å². The summed E-state index contributed by atoms with van der Waals surface area (Å²) in [5.41, 5.74) is 5.40. The first kappa shape index (κ1) is 10.3. The molecule has 0 unspecified atom stereocenters. The molecular formula is C10H11N3O3. The number of nitrogens with two attached hydrogens (primary N) is 1. The summed E-state index contributed by atoms with van der Waals surface area (Å²) in [4.78, 5) is 0. The van der Waals surface area contributed by atoms with Gasteiger partial charge in [0.1, 0.15) is 19.0 Å². The predicted molar refractivity (Wildman–Crippen MR) is 56.1 cm³/mol. The van der Waals surface area contributed by atoms with Crippen LogP contribution in [0.4, 0.5) is 5.82 Å². The molecule has 0 saturated carbocycles. The number of nitrogens with zero attached hydrogens (tertiary/aromatic N) is 2. The zero-order chi connectivity index (χ0) is 11.2. The average molecular weight is 221 g/mol. The molecule has 0 aliphatic heterocycles. The SMILES string of the molecule is Nc1nonc1OCCOc1ccccc1. The molecule has 1 aromatic heterocycles. The molecule has 0 aliphatic carbocycles. The molecule has 2 rings (SSSR count). The Hall–Kier alpha value is -2.24. The lowest BCUT2D eigenvalue weighted by Gasteiger charge is -2.05. The number of hydrogen-bond donors (Lipinski definition) is 1. The van der Waals surface area contributed by atoms with Gasteiger partial charge < -0.3 is 15.2 Å². The van der Waals surface area contributed by atoms with Crippen molar-refractivity contribution in [1.82, 2.24) is 10.3 Å². The van der Waals surface area contributed by atoms with Gasteiger partial charge in [0.15, 0.2) is 0 Å². The number of aromatic nitrogens is 2. The first-order valence-electron chi connectivity index (χ1n) is 4.75. The minimum absolute atomic E-state index is 0.139. The highest BCUT2D eigenvalue weighted by Crippen LogP contribution is 2.13. The van der Waals surface area contributed by atoms with Crippen molar-refractivity contribution in [3.05, 3.63) is 30.3 Å². The van der Waals surface area contributed by atoms with Gasteiger partial charge in [-0.05, 0) is 22.4 Å². The maximum absolute atomic E-state index is 5.40. The molecular weight excluding hydrogens is 210 g/mol. The molecule has 0 bridgehead atoms. The van der Waals surface area contributed by atoms with Gasteiger partial charge in [0, 0.05) is 0 Å². The van der Waals surface area contributed by atoms with Crippen molar-refractivity contribution >= 4 is 5.82 Å². The molecule has 2 N–H and O–H groups in total. The number of anilines is 1. The van der Waals surface area contributed by atoms with Gasteiger partial charge in [0.2, 0.25) is 5.82 Å². The van der Waals surface area contributed by atoms with Crippen molar-refractivity contribution in [3.63, 3.8) is 0 Å². The van der Waals surface area contributed by atoms with Crippen LogP contribution in [0.2, 0.25) is 0 Å². The summed E-state index contributed by atoms with van der Waals surface area (Å²) in [5, 5.41) is 6.85. The summed E-state index contributed by atoms with van der Waals surface area (Å²) in [6, 6.07) is 9.45. The fourth-order valence-electron chi connectivity index (χ4n) is 1.10. The molecule has 0 radical (unpaired) electrons. The van der Waals surface area contributed by atoms with Crippen LogP contribution in [-0.4, -0.2) is 23.5 Å². The normalized spacial score (nSPS) is 10.0. The fourth-order valence-corrected chi connectivity index (χ4v) is 1.10. The molecule has 6 nitrogen and oxygen atoms in total. The molecule has 0 saturated heterocycles. The van der Waals surface area contributed by atoms with E-state index < -0.39 is 0 Å². The summed E-state index contributed by atoms with van der Waals surface area (Å²) < 4.78 is 15.0. The van der Waals surface area contributed by atoms with Gasteiger partial charge in [-0.1, -0.05) is 18.2 Å². The van der Waals surface area contributed by atoms with E-state index in [4.69, 9.17) is 15.2 Å². The predicted octanol–water partition coefficient (Wildman–Crippen LogP) is 1.11. The standard InChI is InChI=1S/C10H11N3O3/c11-9-10(13-16-12-9)15-7-6-14-8-4-2-1-3-5-8/h1-5H,6-7H2,(H2,11,12). The fraction of sp³-hybridized carbons (Fsp3) is 0.200. The summed E-state index contributed by atoms with van der Waals surface area (Å²) in [6.45, 7) is 0.726. The van der Waals surface area contributed by atoms with Crippen molar-refractivity contribution in [2.45, 2.75) is 0 Å². The van der Waals surface area contributed by atoms with Crippen LogP contribution in [0, 0.1) is 0 Å². The molecule has 1 aromatic carbocycles. The van der Waals surface area contributed by atoms with Crippen LogP contribution in [0.15, 0.2) is 35.0 Å². The second-order valence-electron chi connectivity index (χ2n) is 2.96. The minimum Gasteiger partial charge on any atom is -0.490 e. The number of rotatable bonds is 5.